The summed E-state index contributed by atoms with van der Waals surface area (Å²) in [6, 6.07) is 5.41. The second-order valence-electron chi connectivity index (χ2n) is 2.31. The Balaban J connectivity index is 3.27. The fourth-order valence-corrected chi connectivity index (χ4v) is 0.979. The maximum atomic E-state index is 7.12. The van der Waals surface area contributed by atoms with Gasteiger partial charge >= 0.3 is 0 Å². The lowest BCUT2D eigenvalue weighted by atomic mass is 10.1. The van der Waals surface area contributed by atoms with Gasteiger partial charge in [-0.2, -0.15) is 0 Å². The third-order valence-corrected chi connectivity index (χ3v) is 1.53. The molecular formula is C9H11N3. The van der Waals surface area contributed by atoms with Gasteiger partial charge in [0, 0.05) is 23.7 Å². The van der Waals surface area contributed by atoms with Gasteiger partial charge in [-0.1, -0.05) is 6.07 Å². The second kappa shape index (κ2) is 3.67. The standard InChI is InChI=1S/C9H11N3/c1-2-12-9-5-3-4-8(11)7(9)6-10/h2-6,10H,11H2,1H3. The fourth-order valence-electron chi connectivity index (χ4n) is 0.979. The minimum Gasteiger partial charge on any atom is -0.398 e. The van der Waals surface area contributed by atoms with Crippen LogP contribution in [0.1, 0.15) is 12.5 Å². The Hall–Kier alpha value is -1.64. The molecule has 12 heavy (non-hydrogen) atoms. The first-order valence-electron chi connectivity index (χ1n) is 3.67. The first-order valence-corrected chi connectivity index (χ1v) is 3.67. The van der Waals surface area contributed by atoms with Crippen LogP contribution >= 0.6 is 0 Å². The van der Waals surface area contributed by atoms with Crippen molar-refractivity contribution in [1.82, 2.24) is 0 Å². The first kappa shape index (κ1) is 8.46. The number of hydrogen-bond donors (Lipinski definition) is 2. The fraction of sp³-hybridized carbons (Fsp3) is 0.111. The van der Waals surface area contributed by atoms with Gasteiger partial charge in [-0.05, 0) is 19.1 Å². The summed E-state index contributed by atoms with van der Waals surface area (Å²) >= 11 is 0. The second-order valence-corrected chi connectivity index (χ2v) is 2.31. The summed E-state index contributed by atoms with van der Waals surface area (Å²) in [6.07, 6.45) is 2.90. The van der Waals surface area contributed by atoms with Gasteiger partial charge < -0.3 is 11.1 Å². The molecule has 62 valence electrons. The predicted octanol–water partition coefficient (Wildman–Crippen LogP) is 1.99. The number of hydrogen-bond acceptors (Lipinski definition) is 3. The van der Waals surface area contributed by atoms with Crippen molar-refractivity contribution >= 4 is 23.8 Å². The van der Waals surface area contributed by atoms with Crippen LogP contribution in [0.2, 0.25) is 0 Å². The highest BCUT2D eigenvalue weighted by atomic mass is 14.7. The third kappa shape index (κ3) is 1.50. The lowest BCUT2D eigenvalue weighted by Crippen LogP contribution is -1.92. The monoisotopic (exact) mass is 161 g/mol. The molecule has 0 fully saturated rings. The molecule has 0 saturated heterocycles. The number of nitrogens with one attached hydrogen (secondary N) is 1. The van der Waals surface area contributed by atoms with Crippen molar-refractivity contribution in [1.29, 1.82) is 5.41 Å². The molecule has 0 radical (unpaired) electrons. The van der Waals surface area contributed by atoms with Gasteiger partial charge in [0.2, 0.25) is 0 Å². The zero-order valence-electron chi connectivity index (χ0n) is 6.91. The van der Waals surface area contributed by atoms with E-state index in [-0.39, 0.29) is 0 Å². The van der Waals surface area contributed by atoms with Crippen LogP contribution in [0.4, 0.5) is 11.4 Å². The van der Waals surface area contributed by atoms with E-state index in [0.717, 1.165) is 5.69 Å². The molecule has 1 aromatic rings. The van der Waals surface area contributed by atoms with E-state index < -0.39 is 0 Å². The lowest BCUT2D eigenvalue weighted by molar-refractivity contribution is 1.48. The molecule has 0 spiro atoms. The molecule has 0 unspecified atom stereocenters. The lowest BCUT2D eigenvalue weighted by Gasteiger charge is -2.01. The molecule has 1 aromatic carbocycles. The maximum Gasteiger partial charge on any atom is 0.0733 e. The van der Waals surface area contributed by atoms with Gasteiger partial charge in [0.15, 0.2) is 0 Å². The van der Waals surface area contributed by atoms with Gasteiger partial charge in [0.05, 0.1) is 5.69 Å². The average Bonchev–Trinajstić information content (AvgIpc) is 2.05. The van der Waals surface area contributed by atoms with Crippen LogP contribution in [0, 0.1) is 5.41 Å². The largest absolute Gasteiger partial charge is 0.398 e. The van der Waals surface area contributed by atoms with Gasteiger partial charge in [0.1, 0.15) is 0 Å². The minimum absolute atomic E-state index is 0.591. The van der Waals surface area contributed by atoms with Crippen LogP contribution in [0.25, 0.3) is 0 Å². The van der Waals surface area contributed by atoms with Gasteiger partial charge in [-0.3, -0.25) is 4.99 Å². The number of nitrogens with zero attached hydrogens (tertiary/aromatic N) is 1. The quantitative estimate of drug-likeness (QED) is 0.505. The van der Waals surface area contributed by atoms with Crippen molar-refractivity contribution in [2.24, 2.45) is 4.99 Å². The molecule has 1 rings (SSSR count). The van der Waals surface area contributed by atoms with Crippen molar-refractivity contribution in [2.75, 3.05) is 5.73 Å². The van der Waals surface area contributed by atoms with Crippen molar-refractivity contribution < 1.29 is 0 Å². The molecule has 0 aliphatic heterocycles. The molecule has 0 saturated carbocycles. The summed E-state index contributed by atoms with van der Waals surface area (Å²) in [5.41, 5.74) is 7.65. The van der Waals surface area contributed by atoms with Gasteiger partial charge in [-0.25, -0.2) is 0 Å². The van der Waals surface area contributed by atoms with Crippen molar-refractivity contribution in [3.05, 3.63) is 23.8 Å². The van der Waals surface area contributed by atoms with Crippen LogP contribution in [0.5, 0.6) is 0 Å². The Kier molecular flexibility index (Phi) is 2.58. The van der Waals surface area contributed by atoms with Crippen molar-refractivity contribution in [3.63, 3.8) is 0 Å². The number of rotatable bonds is 2. The Labute approximate surface area is 71.4 Å². The SMILES string of the molecule is CC=Nc1cccc(N)c1C=N. The molecule has 0 bridgehead atoms. The van der Waals surface area contributed by atoms with E-state index in [2.05, 4.69) is 4.99 Å². The van der Waals surface area contributed by atoms with Gasteiger partial charge in [-0.15, -0.1) is 0 Å². The maximum absolute atomic E-state index is 7.12. The zero-order valence-corrected chi connectivity index (χ0v) is 6.91. The zero-order chi connectivity index (χ0) is 8.97. The highest BCUT2D eigenvalue weighted by molar-refractivity contribution is 5.92. The molecule has 3 nitrogen and oxygen atoms in total. The number of aliphatic imine (C=N–C) groups is 1. The van der Waals surface area contributed by atoms with E-state index in [1.807, 2.05) is 19.1 Å². The molecule has 3 N–H and O–H groups in total. The van der Waals surface area contributed by atoms with E-state index in [0.29, 0.717) is 11.3 Å². The van der Waals surface area contributed by atoms with Crippen LogP contribution in [-0.2, 0) is 0 Å². The van der Waals surface area contributed by atoms with Crippen LogP contribution in [-0.4, -0.2) is 12.4 Å². The Morgan fingerprint density at radius 1 is 1.50 bits per heavy atom. The third-order valence-electron chi connectivity index (χ3n) is 1.53. The molecular weight excluding hydrogens is 150 g/mol. The Morgan fingerprint density at radius 2 is 2.25 bits per heavy atom. The summed E-state index contributed by atoms with van der Waals surface area (Å²) in [7, 11) is 0. The average molecular weight is 161 g/mol. The summed E-state index contributed by atoms with van der Waals surface area (Å²) in [6.45, 7) is 1.83. The predicted molar refractivity (Wildman–Crippen MR) is 52.6 cm³/mol. The minimum atomic E-state index is 0.591. The summed E-state index contributed by atoms with van der Waals surface area (Å²) in [5, 5.41) is 7.12. The van der Waals surface area contributed by atoms with Gasteiger partial charge in [0.25, 0.3) is 0 Å². The Bertz CT molecular complexity index is 316. The van der Waals surface area contributed by atoms with Crippen LogP contribution in [0.15, 0.2) is 23.2 Å². The molecule has 0 amide bonds. The van der Waals surface area contributed by atoms with E-state index in [1.165, 1.54) is 6.21 Å². The molecule has 3 heteroatoms. The normalized spacial score (nSPS) is 10.4. The molecule has 0 heterocycles. The molecule has 0 atom stereocenters. The first-order chi connectivity index (χ1) is 5.79. The summed E-state index contributed by atoms with van der Waals surface area (Å²) in [4.78, 5) is 4.08. The van der Waals surface area contributed by atoms with E-state index in [1.54, 1.807) is 12.3 Å². The van der Waals surface area contributed by atoms with E-state index in [4.69, 9.17) is 11.1 Å². The topological polar surface area (TPSA) is 62.2 Å². The highest BCUT2D eigenvalue weighted by Crippen LogP contribution is 2.21. The van der Waals surface area contributed by atoms with Crippen molar-refractivity contribution in [3.8, 4) is 0 Å². The van der Waals surface area contributed by atoms with E-state index >= 15 is 0 Å². The van der Waals surface area contributed by atoms with E-state index in [9.17, 15) is 0 Å². The number of anilines is 1. The Morgan fingerprint density at radius 3 is 2.83 bits per heavy atom. The van der Waals surface area contributed by atoms with Crippen LogP contribution in [0.3, 0.4) is 0 Å². The highest BCUT2D eigenvalue weighted by Gasteiger charge is 1.99. The number of nitrogen functional groups attached to an aromatic ring is 1. The van der Waals surface area contributed by atoms with Crippen molar-refractivity contribution in [2.45, 2.75) is 6.92 Å². The smallest absolute Gasteiger partial charge is 0.0733 e. The molecule has 0 aliphatic rings. The summed E-state index contributed by atoms with van der Waals surface area (Å²) < 4.78 is 0. The number of nitrogens with two attached hydrogens (primary N) is 1. The van der Waals surface area contributed by atoms with Crippen LogP contribution < -0.4 is 5.73 Å². The molecule has 0 aromatic heterocycles. The summed E-state index contributed by atoms with van der Waals surface area (Å²) in [5.74, 6) is 0. The number of benzene rings is 1. The molecule has 0 aliphatic carbocycles.